The number of pyridine rings is 1. The summed E-state index contributed by atoms with van der Waals surface area (Å²) in [6.07, 6.45) is 17.5. The summed E-state index contributed by atoms with van der Waals surface area (Å²) in [7, 11) is 0. The second-order valence-electron chi connectivity index (χ2n) is 8.54. The molecule has 178 valence electrons. The zero-order chi connectivity index (χ0) is 22.7. The molecule has 32 heavy (non-hydrogen) atoms. The molecule has 0 aliphatic carbocycles. The van der Waals surface area contributed by atoms with Crippen molar-refractivity contribution < 1.29 is 9.47 Å². The Hall–Kier alpha value is -2.01. The number of rotatable bonds is 19. The SMILES string of the molecule is CCCCCCCCOc1ccc(-c2ccc(CCCCOCCCCCC)nn2)cn1. The quantitative estimate of drug-likeness (QED) is 0.216. The Kier molecular flexibility index (Phi) is 14.4. The van der Waals surface area contributed by atoms with Crippen LogP contribution in [-0.2, 0) is 11.2 Å². The third-order valence-corrected chi connectivity index (χ3v) is 5.61. The van der Waals surface area contributed by atoms with Crippen LogP contribution in [0.5, 0.6) is 5.88 Å². The van der Waals surface area contributed by atoms with Gasteiger partial charge in [-0.15, -0.1) is 0 Å². The maximum atomic E-state index is 5.76. The van der Waals surface area contributed by atoms with Crippen LogP contribution in [0.4, 0.5) is 0 Å². The molecule has 0 aliphatic rings. The van der Waals surface area contributed by atoms with Crippen molar-refractivity contribution in [3.8, 4) is 17.1 Å². The maximum absolute atomic E-state index is 5.76. The molecule has 0 saturated carbocycles. The minimum absolute atomic E-state index is 0.680. The molecule has 0 unspecified atom stereocenters. The fourth-order valence-electron chi connectivity index (χ4n) is 3.57. The van der Waals surface area contributed by atoms with Crippen molar-refractivity contribution in [1.82, 2.24) is 15.2 Å². The van der Waals surface area contributed by atoms with E-state index < -0.39 is 0 Å². The van der Waals surface area contributed by atoms with Crippen LogP contribution in [0.3, 0.4) is 0 Å². The molecule has 2 heterocycles. The van der Waals surface area contributed by atoms with Crippen molar-refractivity contribution in [2.75, 3.05) is 19.8 Å². The molecule has 0 radical (unpaired) electrons. The monoisotopic (exact) mass is 441 g/mol. The topological polar surface area (TPSA) is 57.1 Å². The number of unbranched alkanes of at least 4 members (excludes halogenated alkanes) is 9. The third-order valence-electron chi connectivity index (χ3n) is 5.61. The number of hydrogen-bond donors (Lipinski definition) is 0. The van der Waals surface area contributed by atoms with Crippen LogP contribution < -0.4 is 4.74 Å². The average Bonchev–Trinajstić information content (AvgIpc) is 2.83. The molecule has 0 fully saturated rings. The molecule has 0 aliphatic heterocycles. The van der Waals surface area contributed by atoms with E-state index >= 15 is 0 Å². The second-order valence-corrected chi connectivity index (χ2v) is 8.54. The molecular formula is C27H43N3O2. The zero-order valence-corrected chi connectivity index (χ0v) is 20.4. The Balaban J connectivity index is 1.60. The van der Waals surface area contributed by atoms with E-state index in [1.165, 1.54) is 57.8 Å². The fraction of sp³-hybridized carbons (Fsp3) is 0.667. The number of hydrogen-bond acceptors (Lipinski definition) is 5. The van der Waals surface area contributed by atoms with Gasteiger partial charge in [-0.05, 0) is 50.3 Å². The van der Waals surface area contributed by atoms with Gasteiger partial charge in [0.05, 0.1) is 18.0 Å². The summed E-state index contributed by atoms with van der Waals surface area (Å²) < 4.78 is 11.5. The van der Waals surface area contributed by atoms with Gasteiger partial charge in [-0.2, -0.15) is 10.2 Å². The molecule has 0 aromatic carbocycles. The van der Waals surface area contributed by atoms with Crippen molar-refractivity contribution in [3.05, 3.63) is 36.2 Å². The van der Waals surface area contributed by atoms with E-state index in [4.69, 9.17) is 9.47 Å². The van der Waals surface area contributed by atoms with Crippen molar-refractivity contribution in [2.45, 2.75) is 97.3 Å². The summed E-state index contributed by atoms with van der Waals surface area (Å²) in [5.74, 6) is 0.680. The van der Waals surface area contributed by atoms with Gasteiger partial charge in [0.25, 0.3) is 0 Å². The van der Waals surface area contributed by atoms with Crippen molar-refractivity contribution in [1.29, 1.82) is 0 Å². The van der Waals surface area contributed by atoms with Crippen LogP contribution in [0.15, 0.2) is 30.5 Å². The molecule has 0 amide bonds. The minimum Gasteiger partial charge on any atom is -0.478 e. The van der Waals surface area contributed by atoms with Gasteiger partial charge in [0.1, 0.15) is 0 Å². The molecule has 5 nitrogen and oxygen atoms in total. The third kappa shape index (κ3) is 11.6. The highest BCUT2D eigenvalue weighted by atomic mass is 16.5. The molecule has 0 N–H and O–H groups in total. The number of aromatic nitrogens is 3. The number of nitrogens with zero attached hydrogens (tertiary/aromatic N) is 3. The summed E-state index contributed by atoms with van der Waals surface area (Å²) in [6, 6.07) is 8.02. The molecule has 2 aromatic heterocycles. The van der Waals surface area contributed by atoms with Crippen LogP contribution in [0.1, 0.15) is 96.6 Å². The van der Waals surface area contributed by atoms with E-state index in [0.717, 1.165) is 62.5 Å². The molecule has 0 spiro atoms. The van der Waals surface area contributed by atoms with Gasteiger partial charge in [-0.25, -0.2) is 4.98 Å². The Morgan fingerprint density at radius 2 is 1.34 bits per heavy atom. The largest absolute Gasteiger partial charge is 0.478 e. The van der Waals surface area contributed by atoms with Gasteiger partial charge < -0.3 is 9.47 Å². The molecule has 5 heteroatoms. The smallest absolute Gasteiger partial charge is 0.213 e. The normalized spacial score (nSPS) is 11.1. The molecular weight excluding hydrogens is 398 g/mol. The Bertz CT molecular complexity index is 689. The highest BCUT2D eigenvalue weighted by Gasteiger charge is 2.04. The standard InChI is InChI=1S/C27H43N3O2/c1-3-5-7-9-10-13-22-32-27-19-16-24(23-28-27)26-18-17-25(29-30-26)15-11-14-21-31-20-12-8-6-4-2/h16-19,23H,3-15,20-22H2,1-2H3. The van der Waals surface area contributed by atoms with E-state index in [2.05, 4.69) is 35.1 Å². The van der Waals surface area contributed by atoms with Crippen LogP contribution in [0, 0.1) is 0 Å². The van der Waals surface area contributed by atoms with E-state index in [1.54, 1.807) is 0 Å². The van der Waals surface area contributed by atoms with Crippen LogP contribution in [0.2, 0.25) is 0 Å². The van der Waals surface area contributed by atoms with E-state index in [9.17, 15) is 0 Å². The van der Waals surface area contributed by atoms with E-state index in [1.807, 2.05) is 24.4 Å². The molecule has 2 rings (SSSR count). The Labute approximate surface area is 195 Å². The van der Waals surface area contributed by atoms with Crippen molar-refractivity contribution in [3.63, 3.8) is 0 Å². The van der Waals surface area contributed by atoms with Gasteiger partial charge in [-0.1, -0.05) is 65.2 Å². The summed E-state index contributed by atoms with van der Waals surface area (Å²) >= 11 is 0. The predicted octanol–water partition coefficient (Wildman–Crippen LogP) is 7.20. The lowest BCUT2D eigenvalue weighted by Gasteiger charge is -2.07. The lowest BCUT2D eigenvalue weighted by Crippen LogP contribution is -2.00. The van der Waals surface area contributed by atoms with Gasteiger partial charge in [-0.3, -0.25) is 0 Å². The fourth-order valence-corrected chi connectivity index (χ4v) is 3.57. The number of aryl methyl sites for hydroxylation is 1. The van der Waals surface area contributed by atoms with Crippen molar-refractivity contribution in [2.24, 2.45) is 0 Å². The second kappa shape index (κ2) is 17.5. The first-order valence-corrected chi connectivity index (χ1v) is 12.8. The summed E-state index contributed by atoms with van der Waals surface area (Å²) in [6.45, 7) is 6.95. The highest BCUT2D eigenvalue weighted by molar-refractivity contribution is 5.57. The molecule has 2 aromatic rings. The molecule has 0 saturated heterocycles. The molecule has 0 bridgehead atoms. The van der Waals surface area contributed by atoms with Crippen LogP contribution in [0.25, 0.3) is 11.3 Å². The van der Waals surface area contributed by atoms with E-state index in [-0.39, 0.29) is 0 Å². The predicted molar refractivity (Wildman–Crippen MR) is 132 cm³/mol. The maximum Gasteiger partial charge on any atom is 0.213 e. The van der Waals surface area contributed by atoms with Gasteiger partial charge in [0.2, 0.25) is 5.88 Å². The first kappa shape index (κ1) is 26.2. The van der Waals surface area contributed by atoms with Crippen LogP contribution >= 0.6 is 0 Å². The van der Waals surface area contributed by atoms with Gasteiger partial charge in [0.15, 0.2) is 0 Å². The van der Waals surface area contributed by atoms with Gasteiger partial charge >= 0.3 is 0 Å². The van der Waals surface area contributed by atoms with Crippen molar-refractivity contribution >= 4 is 0 Å². The zero-order valence-electron chi connectivity index (χ0n) is 20.4. The lowest BCUT2D eigenvalue weighted by atomic mass is 10.1. The summed E-state index contributed by atoms with van der Waals surface area (Å²) in [5, 5.41) is 8.77. The summed E-state index contributed by atoms with van der Waals surface area (Å²) in [4.78, 5) is 4.42. The Morgan fingerprint density at radius 3 is 2.03 bits per heavy atom. The Morgan fingerprint density at radius 1 is 0.656 bits per heavy atom. The first-order valence-electron chi connectivity index (χ1n) is 12.8. The van der Waals surface area contributed by atoms with E-state index in [0.29, 0.717) is 5.88 Å². The molecule has 0 atom stereocenters. The number of ether oxygens (including phenoxy) is 2. The first-order chi connectivity index (χ1) is 15.8. The average molecular weight is 442 g/mol. The highest BCUT2D eigenvalue weighted by Crippen LogP contribution is 2.18. The van der Waals surface area contributed by atoms with Gasteiger partial charge in [0, 0.05) is 31.0 Å². The van der Waals surface area contributed by atoms with Crippen LogP contribution in [-0.4, -0.2) is 35.0 Å². The lowest BCUT2D eigenvalue weighted by molar-refractivity contribution is 0.126. The minimum atomic E-state index is 0.680. The summed E-state index contributed by atoms with van der Waals surface area (Å²) in [5.41, 5.74) is 2.84.